The van der Waals surface area contributed by atoms with E-state index in [1.165, 1.54) is 5.56 Å². The number of likely N-dealkylation sites (N-methyl/N-ethyl adjacent to an activating group) is 1. The van der Waals surface area contributed by atoms with Crippen LogP contribution in [0.1, 0.15) is 31.7 Å². The van der Waals surface area contributed by atoms with Gasteiger partial charge < -0.3 is 14.7 Å². The molecule has 0 radical (unpaired) electrons. The first kappa shape index (κ1) is 17.3. The summed E-state index contributed by atoms with van der Waals surface area (Å²) in [5.74, 6) is 1.39. The molecule has 0 aromatic heterocycles. The lowest BCUT2D eigenvalue weighted by atomic mass is 9.98. The summed E-state index contributed by atoms with van der Waals surface area (Å²) < 4.78 is 5.90. The van der Waals surface area contributed by atoms with E-state index in [0.717, 1.165) is 38.3 Å². The molecule has 1 N–H and O–H groups in total. The van der Waals surface area contributed by atoms with Gasteiger partial charge in [-0.05, 0) is 31.0 Å². The van der Waals surface area contributed by atoms with Crippen molar-refractivity contribution in [1.82, 2.24) is 9.80 Å². The van der Waals surface area contributed by atoms with Crippen molar-refractivity contribution in [2.75, 3.05) is 46.4 Å². The number of piperazine rings is 1. The number of hydrogen-bond donors (Lipinski definition) is 1. The number of aliphatic hydroxyl groups excluding tert-OH is 1. The largest absolute Gasteiger partial charge is 0.491 e. The number of rotatable bonds is 7. The Balaban J connectivity index is 1.82. The Hall–Kier alpha value is -1.10. The second-order valence-corrected chi connectivity index (χ2v) is 6.42. The smallest absolute Gasteiger partial charge is 0.122 e. The number of para-hydroxylation sites is 1. The van der Waals surface area contributed by atoms with Crippen molar-refractivity contribution in [2.24, 2.45) is 0 Å². The van der Waals surface area contributed by atoms with Crippen molar-refractivity contribution in [2.45, 2.75) is 32.3 Å². The van der Waals surface area contributed by atoms with Gasteiger partial charge in [-0.25, -0.2) is 0 Å². The molecular formula is C18H30N2O2. The van der Waals surface area contributed by atoms with Crippen molar-refractivity contribution >= 4 is 0 Å². The third-order valence-corrected chi connectivity index (χ3v) is 4.56. The normalized spacial score (nSPS) is 19.8. The van der Waals surface area contributed by atoms with Crippen LogP contribution >= 0.6 is 0 Å². The van der Waals surface area contributed by atoms with Crippen molar-refractivity contribution in [3.05, 3.63) is 29.8 Å². The Morgan fingerprint density at radius 3 is 2.55 bits per heavy atom. The van der Waals surface area contributed by atoms with E-state index < -0.39 is 6.10 Å². The summed E-state index contributed by atoms with van der Waals surface area (Å²) in [5, 5.41) is 10.2. The van der Waals surface area contributed by atoms with Gasteiger partial charge in [0.25, 0.3) is 0 Å². The average molecular weight is 306 g/mol. The Bertz CT molecular complexity index is 444. The Morgan fingerprint density at radius 2 is 1.86 bits per heavy atom. The number of nitrogens with zero attached hydrogens (tertiary/aromatic N) is 2. The summed E-state index contributed by atoms with van der Waals surface area (Å²) >= 11 is 0. The molecule has 124 valence electrons. The molecule has 4 heteroatoms. The van der Waals surface area contributed by atoms with Gasteiger partial charge in [0.05, 0.1) is 0 Å². The van der Waals surface area contributed by atoms with E-state index in [1.807, 2.05) is 12.1 Å². The van der Waals surface area contributed by atoms with Crippen LogP contribution in [-0.4, -0.2) is 67.4 Å². The van der Waals surface area contributed by atoms with E-state index in [0.29, 0.717) is 19.1 Å². The third kappa shape index (κ3) is 4.97. The first-order valence-electron chi connectivity index (χ1n) is 8.40. The highest BCUT2D eigenvalue weighted by molar-refractivity contribution is 5.35. The highest BCUT2D eigenvalue weighted by Crippen LogP contribution is 2.28. The lowest BCUT2D eigenvalue weighted by molar-refractivity contribution is 0.0501. The minimum atomic E-state index is -0.437. The molecule has 1 aromatic rings. The van der Waals surface area contributed by atoms with Crippen LogP contribution in [0.2, 0.25) is 0 Å². The van der Waals surface area contributed by atoms with Gasteiger partial charge in [-0.15, -0.1) is 0 Å². The molecule has 1 heterocycles. The summed E-state index contributed by atoms with van der Waals surface area (Å²) in [6.45, 7) is 9.65. The van der Waals surface area contributed by atoms with Crippen LogP contribution in [-0.2, 0) is 0 Å². The van der Waals surface area contributed by atoms with E-state index in [9.17, 15) is 5.11 Å². The second-order valence-electron chi connectivity index (χ2n) is 6.42. The molecule has 0 amide bonds. The SMILES string of the molecule is CC[C@H](C)c1ccccc1OC[C@H](O)CN1CCN(C)CC1. The minimum absolute atomic E-state index is 0.361. The molecule has 2 atom stereocenters. The highest BCUT2D eigenvalue weighted by Gasteiger charge is 2.18. The van der Waals surface area contributed by atoms with Crippen LogP contribution < -0.4 is 4.74 Å². The molecule has 1 fully saturated rings. The van der Waals surface area contributed by atoms with E-state index >= 15 is 0 Å². The van der Waals surface area contributed by atoms with E-state index in [2.05, 4.69) is 42.8 Å². The first-order chi connectivity index (χ1) is 10.6. The van der Waals surface area contributed by atoms with Gasteiger partial charge in [0.1, 0.15) is 18.5 Å². The van der Waals surface area contributed by atoms with Gasteiger partial charge in [0.2, 0.25) is 0 Å². The Morgan fingerprint density at radius 1 is 1.18 bits per heavy atom. The first-order valence-corrected chi connectivity index (χ1v) is 8.40. The predicted octanol–water partition coefficient (Wildman–Crippen LogP) is 2.19. The van der Waals surface area contributed by atoms with Crippen LogP contribution in [0.5, 0.6) is 5.75 Å². The molecule has 22 heavy (non-hydrogen) atoms. The van der Waals surface area contributed by atoms with Gasteiger partial charge in [0, 0.05) is 32.7 Å². The van der Waals surface area contributed by atoms with Gasteiger partial charge in [-0.3, -0.25) is 4.90 Å². The van der Waals surface area contributed by atoms with Crippen molar-refractivity contribution in [3.63, 3.8) is 0 Å². The number of ether oxygens (including phenoxy) is 1. The Kier molecular flexibility index (Phi) is 6.68. The van der Waals surface area contributed by atoms with E-state index in [4.69, 9.17) is 4.74 Å². The zero-order valence-corrected chi connectivity index (χ0v) is 14.2. The molecule has 1 aliphatic rings. The molecule has 0 saturated carbocycles. The molecular weight excluding hydrogens is 276 g/mol. The fourth-order valence-corrected chi connectivity index (χ4v) is 2.81. The maximum absolute atomic E-state index is 10.2. The summed E-state index contributed by atoms with van der Waals surface area (Å²) in [4.78, 5) is 4.64. The van der Waals surface area contributed by atoms with Crippen molar-refractivity contribution in [3.8, 4) is 5.75 Å². The maximum Gasteiger partial charge on any atom is 0.122 e. The average Bonchev–Trinajstić information content (AvgIpc) is 2.54. The van der Waals surface area contributed by atoms with Gasteiger partial charge >= 0.3 is 0 Å². The molecule has 1 aliphatic heterocycles. The second kappa shape index (κ2) is 8.51. The lowest BCUT2D eigenvalue weighted by Gasteiger charge is -2.33. The molecule has 0 spiro atoms. The van der Waals surface area contributed by atoms with Crippen LogP contribution in [0.15, 0.2) is 24.3 Å². The molecule has 0 aliphatic carbocycles. The highest BCUT2D eigenvalue weighted by atomic mass is 16.5. The zero-order valence-electron chi connectivity index (χ0n) is 14.2. The maximum atomic E-state index is 10.2. The Labute approximate surface area is 134 Å². The fourth-order valence-electron chi connectivity index (χ4n) is 2.81. The van der Waals surface area contributed by atoms with Gasteiger partial charge in [0.15, 0.2) is 0 Å². The summed E-state index contributed by atoms with van der Waals surface area (Å²) in [5.41, 5.74) is 1.23. The standard InChI is InChI=1S/C18H30N2O2/c1-4-15(2)17-7-5-6-8-18(17)22-14-16(21)13-20-11-9-19(3)10-12-20/h5-8,15-16,21H,4,9-14H2,1-3H3/t15-,16+/m0/s1. The molecule has 0 bridgehead atoms. The van der Waals surface area contributed by atoms with Crippen LogP contribution in [0.25, 0.3) is 0 Å². The summed E-state index contributed by atoms with van der Waals surface area (Å²) in [6, 6.07) is 8.17. The van der Waals surface area contributed by atoms with E-state index in [1.54, 1.807) is 0 Å². The van der Waals surface area contributed by atoms with Crippen LogP contribution in [0.3, 0.4) is 0 Å². The van der Waals surface area contributed by atoms with Crippen molar-refractivity contribution < 1.29 is 9.84 Å². The number of hydrogen-bond acceptors (Lipinski definition) is 4. The molecule has 1 aromatic carbocycles. The molecule has 4 nitrogen and oxygen atoms in total. The lowest BCUT2D eigenvalue weighted by Crippen LogP contribution is -2.47. The fraction of sp³-hybridized carbons (Fsp3) is 0.667. The van der Waals surface area contributed by atoms with E-state index in [-0.39, 0.29) is 0 Å². The number of benzene rings is 1. The monoisotopic (exact) mass is 306 g/mol. The summed E-state index contributed by atoms with van der Waals surface area (Å²) in [7, 11) is 2.14. The van der Waals surface area contributed by atoms with Gasteiger partial charge in [-0.1, -0.05) is 32.0 Å². The predicted molar refractivity (Wildman–Crippen MR) is 90.6 cm³/mol. The molecule has 0 unspecified atom stereocenters. The topological polar surface area (TPSA) is 35.9 Å². The third-order valence-electron chi connectivity index (χ3n) is 4.56. The minimum Gasteiger partial charge on any atom is -0.491 e. The molecule has 2 rings (SSSR count). The zero-order chi connectivity index (χ0) is 15.9. The molecule has 1 saturated heterocycles. The van der Waals surface area contributed by atoms with Crippen molar-refractivity contribution in [1.29, 1.82) is 0 Å². The van der Waals surface area contributed by atoms with Gasteiger partial charge in [-0.2, -0.15) is 0 Å². The van der Waals surface area contributed by atoms with Crippen LogP contribution in [0, 0.1) is 0 Å². The number of β-amino-alcohol motifs (C(OH)–C–C–N with tert-alkyl or cyclic N) is 1. The summed E-state index contributed by atoms with van der Waals surface area (Å²) in [6.07, 6.45) is 0.651. The quantitative estimate of drug-likeness (QED) is 0.838. The number of aliphatic hydroxyl groups is 1. The van der Waals surface area contributed by atoms with Crippen LogP contribution in [0.4, 0.5) is 0 Å².